The quantitative estimate of drug-likeness (QED) is 0.822. The SMILES string of the molecule is CC(C)(C)c1cccc2[nH]c(C3CCNCC3)nc12. The highest BCUT2D eigenvalue weighted by atomic mass is 14.9. The molecule has 1 aliphatic heterocycles. The van der Waals surface area contributed by atoms with E-state index in [-0.39, 0.29) is 5.41 Å². The Morgan fingerprint density at radius 3 is 2.58 bits per heavy atom. The number of piperidine rings is 1. The summed E-state index contributed by atoms with van der Waals surface area (Å²) in [7, 11) is 0. The third-order valence-electron chi connectivity index (χ3n) is 4.06. The zero-order valence-corrected chi connectivity index (χ0v) is 12.1. The lowest BCUT2D eigenvalue weighted by molar-refractivity contribution is 0.448. The molecule has 1 aliphatic rings. The van der Waals surface area contributed by atoms with Crippen molar-refractivity contribution in [2.75, 3.05) is 13.1 Å². The van der Waals surface area contributed by atoms with Gasteiger partial charge in [0.2, 0.25) is 0 Å². The van der Waals surface area contributed by atoms with Crippen molar-refractivity contribution in [1.82, 2.24) is 15.3 Å². The molecule has 1 saturated heterocycles. The van der Waals surface area contributed by atoms with Gasteiger partial charge in [-0.1, -0.05) is 32.9 Å². The maximum atomic E-state index is 4.92. The normalized spacial score (nSPS) is 18.1. The minimum Gasteiger partial charge on any atom is -0.342 e. The summed E-state index contributed by atoms with van der Waals surface area (Å²) in [4.78, 5) is 8.46. The van der Waals surface area contributed by atoms with E-state index < -0.39 is 0 Å². The predicted molar refractivity (Wildman–Crippen MR) is 79.6 cm³/mol. The molecule has 0 radical (unpaired) electrons. The number of para-hydroxylation sites is 1. The van der Waals surface area contributed by atoms with Crippen LogP contribution in [0.25, 0.3) is 11.0 Å². The van der Waals surface area contributed by atoms with Crippen LogP contribution in [-0.4, -0.2) is 23.1 Å². The number of imidazole rings is 1. The van der Waals surface area contributed by atoms with Gasteiger partial charge < -0.3 is 10.3 Å². The Morgan fingerprint density at radius 1 is 1.16 bits per heavy atom. The van der Waals surface area contributed by atoms with Crippen LogP contribution < -0.4 is 5.32 Å². The first kappa shape index (κ1) is 12.7. The Hall–Kier alpha value is -1.35. The maximum absolute atomic E-state index is 4.92. The number of aromatic amines is 1. The van der Waals surface area contributed by atoms with Crippen molar-refractivity contribution < 1.29 is 0 Å². The molecule has 2 aromatic rings. The fourth-order valence-electron chi connectivity index (χ4n) is 2.95. The molecule has 2 heterocycles. The average Bonchev–Trinajstić information content (AvgIpc) is 2.82. The zero-order valence-electron chi connectivity index (χ0n) is 12.1. The van der Waals surface area contributed by atoms with E-state index in [1.807, 2.05) is 0 Å². The maximum Gasteiger partial charge on any atom is 0.110 e. The molecule has 102 valence electrons. The third-order valence-corrected chi connectivity index (χ3v) is 4.06. The van der Waals surface area contributed by atoms with Crippen molar-refractivity contribution >= 4 is 11.0 Å². The van der Waals surface area contributed by atoms with Gasteiger partial charge in [-0.3, -0.25) is 0 Å². The smallest absolute Gasteiger partial charge is 0.110 e. The van der Waals surface area contributed by atoms with Gasteiger partial charge in [0, 0.05) is 5.92 Å². The summed E-state index contributed by atoms with van der Waals surface area (Å²) in [5.41, 5.74) is 3.81. The Kier molecular flexibility index (Phi) is 3.09. The first-order valence-electron chi connectivity index (χ1n) is 7.25. The lowest BCUT2D eigenvalue weighted by Crippen LogP contribution is -2.27. The second-order valence-corrected chi connectivity index (χ2v) is 6.60. The number of fused-ring (bicyclic) bond motifs is 1. The van der Waals surface area contributed by atoms with Gasteiger partial charge in [0.05, 0.1) is 11.0 Å². The minimum atomic E-state index is 0.139. The molecule has 3 heteroatoms. The van der Waals surface area contributed by atoms with Gasteiger partial charge in [-0.15, -0.1) is 0 Å². The summed E-state index contributed by atoms with van der Waals surface area (Å²) in [5.74, 6) is 1.76. The Labute approximate surface area is 114 Å². The predicted octanol–water partition coefficient (Wildman–Crippen LogP) is 3.33. The van der Waals surface area contributed by atoms with Gasteiger partial charge in [0.25, 0.3) is 0 Å². The molecule has 0 aliphatic carbocycles. The van der Waals surface area contributed by atoms with Crippen molar-refractivity contribution in [3.8, 4) is 0 Å². The van der Waals surface area contributed by atoms with Gasteiger partial charge in [0.15, 0.2) is 0 Å². The molecule has 19 heavy (non-hydrogen) atoms. The van der Waals surface area contributed by atoms with Crippen LogP contribution in [0.2, 0.25) is 0 Å². The molecular weight excluding hydrogens is 234 g/mol. The summed E-state index contributed by atoms with van der Waals surface area (Å²) < 4.78 is 0. The highest BCUT2D eigenvalue weighted by Gasteiger charge is 2.22. The Morgan fingerprint density at radius 2 is 1.89 bits per heavy atom. The van der Waals surface area contributed by atoms with Crippen LogP contribution in [0, 0.1) is 0 Å². The highest BCUT2D eigenvalue weighted by molar-refractivity contribution is 5.80. The number of benzene rings is 1. The number of rotatable bonds is 1. The number of nitrogens with one attached hydrogen (secondary N) is 2. The van der Waals surface area contributed by atoms with Crippen molar-refractivity contribution in [2.45, 2.75) is 44.9 Å². The van der Waals surface area contributed by atoms with Crippen molar-refractivity contribution in [3.05, 3.63) is 29.6 Å². The van der Waals surface area contributed by atoms with E-state index in [1.54, 1.807) is 0 Å². The molecule has 1 fully saturated rings. The highest BCUT2D eigenvalue weighted by Crippen LogP contribution is 2.31. The Bertz CT molecular complexity index is 571. The second-order valence-electron chi connectivity index (χ2n) is 6.60. The molecule has 0 amide bonds. The van der Waals surface area contributed by atoms with Crippen molar-refractivity contribution in [2.24, 2.45) is 0 Å². The number of aromatic nitrogens is 2. The Balaban J connectivity index is 2.05. The third kappa shape index (κ3) is 2.39. The molecular formula is C16H23N3. The van der Waals surface area contributed by atoms with E-state index in [2.05, 4.69) is 49.3 Å². The van der Waals surface area contributed by atoms with E-state index in [0.29, 0.717) is 5.92 Å². The number of nitrogens with zero attached hydrogens (tertiary/aromatic N) is 1. The van der Waals surface area contributed by atoms with Crippen LogP contribution in [0.3, 0.4) is 0 Å². The molecule has 0 spiro atoms. The molecule has 3 rings (SSSR count). The lowest BCUT2D eigenvalue weighted by atomic mass is 9.86. The molecule has 2 N–H and O–H groups in total. The van der Waals surface area contributed by atoms with E-state index in [0.717, 1.165) is 18.6 Å². The molecule has 3 nitrogen and oxygen atoms in total. The number of hydrogen-bond acceptors (Lipinski definition) is 2. The molecule has 0 saturated carbocycles. The van der Waals surface area contributed by atoms with Crippen LogP contribution in [0.1, 0.15) is 50.9 Å². The summed E-state index contributed by atoms with van der Waals surface area (Å²) in [6.45, 7) is 8.96. The van der Waals surface area contributed by atoms with Crippen LogP contribution >= 0.6 is 0 Å². The summed E-state index contributed by atoms with van der Waals surface area (Å²) >= 11 is 0. The van der Waals surface area contributed by atoms with Crippen molar-refractivity contribution in [1.29, 1.82) is 0 Å². The first-order chi connectivity index (χ1) is 9.05. The average molecular weight is 257 g/mol. The van der Waals surface area contributed by atoms with E-state index in [9.17, 15) is 0 Å². The van der Waals surface area contributed by atoms with E-state index >= 15 is 0 Å². The molecule has 1 aromatic heterocycles. The molecule has 0 atom stereocenters. The minimum absolute atomic E-state index is 0.139. The van der Waals surface area contributed by atoms with Crippen LogP contribution in [0.15, 0.2) is 18.2 Å². The summed E-state index contributed by atoms with van der Waals surface area (Å²) in [6.07, 6.45) is 2.37. The summed E-state index contributed by atoms with van der Waals surface area (Å²) in [5, 5.41) is 3.41. The van der Waals surface area contributed by atoms with Crippen LogP contribution in [0.4, 0.5) is 0 Å². The zero-order chi connectivity index (χ0) is 13.5. The second kappa shape index (κ2) is 4.64. The van der Waals surface area contributed by atoms with E-state index in [1.165, 1.54) is 29.7 Å². The fourth-order valence-corrected chi connectivity index (χ4v) is 2.95. The van der Waals surface area contributed by atoms with Gasteiger partial charge in [0.1, 0.15) is 5.82 Å². The fraction of sp³-hybridized carbons (Fsp3) is 0.562. The van der Waals surface area contributed by atoms with Crippen molar-refractivity contribution in [3.63, 3.8) is 0 Å². The number of hydrogen-bond donors (Lipinski definition) is 2. The monoisotopic (exact) mass is 257 g/mol. The van der Waals surface area contributed by atoms with Gasteiger partial charge in [-0.2, -0.15) is 0 Å². The molecule has 0 bridgehead atoms. The first-order valence-corrected chi connectivity index (χ1v) is 7.25. The van der Waals surface area contributed by atoms with Gasteiger partial charge >= 0.3 is 0 Å². The van der Waals surface area contributed by atoms with Gasteiger partial charge in [-0.05, 0) is 43.0 Å². The molecule has 0 unspecified atom stereocenters. The van der Waals surface area contributed by atoms with Gasteiger partial charge in [-0.25, -0.2) is 4.98 Å². The topological polar surface area (TPSA) is 40.7 Å². The van der Waals surface area contributed by atoms with E-state index in [4.69, 9.17) is 4.98 Å². The number of H-pyrrole nitrogens is 1. The van der Waals surface area contributed by atoms with Crippen LogP contribution in [-0.2, 0) is 5.41 Å². The standard InChI is InChI=1S/C16H23N3/c1-16(2,3)12-5-4-6-13-14(12)19-15(18-13)11-7-9-17-10-8-11/h4-6,11,17H,7-10H2,1-3H3,(H,18,19). The van der Waals surface area contributed by atoms with Crippen LogP contribution in [0.5, 0.6) is 0 Å². The molecule has 1 aromatic carbocycles. The largest absolute Gasteiger partial charge is 0.342 e. The lowest BCUT2D eigenvalue weighted by Gasteiger charge is -2.20. The summed E-state index contributed by atoms with van der Waals surface area (Å²) in [6, 6.07) is 6.48.